The molecule has 1 saturated carbocycles. The number of rotatable bonds is 4. The Kier molecular flexibility index (Phi) is 8.89. The van der Waals surface area contributed by atoms with Gasteiger partial charge < -0.3 is 14.0 Å². The van der Waals surface area contributed by atoms with Crippen LogP contribution in [-0.4, -0.2) is 19.5 Å². The second kappa shape index (κ2) is 13.2. The van der Waals surface area contributed by atoms with Crippen LogP contribution in [0.25, 0.3) is 61.8 Å². The van der Waals surface area contributed by atoms with E-state index >= 15 is 0 Å². The number of benzene rings is 3. The number of nitrogens with zero attached hydrogens (tertiary/aromatic N) is 4. The van der Waals surface area contributed by atoms with Gasteiger partial charge in [-0.3, -0.25) is 4.98 Å². The Morgan fingerprint density at radius 1 is 0.918 bits per heavy atom. The quantitative estimate of drug-likeness (QED) is 0.166. The van der Waals surface area contributed by atoms with Gasteiger partial charge in [0, 0.05) is 42.9 Å². The first-order valence-electron chi connectivity index (χ1n) is 17.2. The third kappa shape index (κ3) is 5.96. The van der Waals surface area contributed by atoms with Crippen LogP contribution in [-0.2, 0) is 25.6 Å². The summed E-state index contributed by atoms with van der Waals surface area (Å²) in [5, 5.41) is 2.08. The van der Waals surface area contributed by atoms with Crippen molar-refractivity contribution in [3.8, 4) is 22.6 Å². The Labute approximate surface area is 301 Å². The number of imidazole rings is 1. The molecule has 1 radical (unpaired) electrons. The van der Waals surface area contributed by atoms with Gasteiger partial charge in [-0.15, -0.1) is 54.1 Å². The third-order valence-electron chi connectivity index (χ3n) is 10.0. The first kappa shape index (κ1) is 33.1. The summed E-state index contributed by atoms with van der Waals surface area (Å²) < 4.78 is 8.46. The summed E-state index contributed by atoms with van der Waals surface area (Å²) in [6, 6.07) is 31.5. The normalized spacial score (nSPS) is 15.1. The van der Waals surface area contributed by atoms with Gasteiger partial charge in [-0.05, 0) is 81.0 Å². The largest absolute Gasteiger partial charge is 0.486 e. The molecule has 0 saturated heterocycles. The molecule has 0 amide bonds. The molecule has 0 spiro atoms. The van der Waals surface area contributed by atoms with Crippen molar-refractivity contribution in [2.45, 2.75) is 77.7 Å². The molecule has 1 aliphatic heterocycles. The maximum atomic E-state index is 6.04. The van der Waals surface area contributed by atoms with Gasteiger partial charge in [-0.2, -0.15) is 0 Å². The van der Waals surface area contributed by atoms with Gasteiger partial charge in [0.2, 0.25) is 5.71 Å². The Bertz CT molecular complexity index is 2320. The molecule has 5 nitrogen and oxygen atoms in total. The van der Waals surface area contributed by atoms with Gasteiger partial charge in [-0.1, -0.05) is 67.5 Å². The van der Waals surface area contributed by atoms with E-state index in [-0.39, 0.29) is 25.6 Å². The van der Waals surface area contributed by atoms with Crippen LogP contribution in [0.15, 0.2) is 89.5 Å². The molecule has 0 bridgehead atoms. The number of pyridine rings is 2. The maximum absolute atomic E-state index is 6.04. The average Bonchev–Trinajstić information content (AvgIpc) is 3.85. The Hall–Kier alpha value is -4.38. The molecule has 3 aromatic carbocycles. The molecule has 9 rings (SSSR count). The Balaban J connectivity index is 0.000000152. The predicted molar refractivity (Wildman–Crippen MR) is 196 cm³/mol. The molecule has 5 heterocycles. The van der Waals surface area contributed by atoms with Crippen molar-refractivity contribution in [1.29, 1.82) is 0 Å². The molecule has 1 aliphatic carbocycles. The zero-order chi connectivity index (χ0) is 33.0. The first-order valence-corrected chi connectivity index (χ1v) is 17.2. The summed E-state index contributed by atoms with van der Waals surface area (Å²) in [6.07, 6.45) is 11.9. The zero-order valence-corrected chi connectivity index (χ0v) is 31.1. The average molecular weight is 821 g/mol. The van der Waals surface area contributed by atoms with Gasteiger partial charge in [0.1, 0.15) is 0 Å². The number of furan rings is 1. The van der Waals surface area contributed by atoms with Crippen molar-refractivity contribution < 1.29 is 24.5 Å². The van der Waals surface area contributed by atoms with Gasteiger partial charge >= 0.3 is 0 Å². The number of aromatic nitrogens is 4. The molecule has 0 N–H and O–H groups in total. The van der Waals surface area contributed by atoms with E-state index in [1.165, 1.54) is 47.9 Å². The molecular weight excluding hydrogens is 781 g/mol. The van der Waals surface area contributed by atoms with Crippen LogP contribution < -0.4 is 0 Å². The van der Waals surface area contributed by atoms with Crippen LogP contribution in [0.1, 0.15) is 87.6 Å². The number of allylic oxidation sites excluding steroid dienone is 1. The predicted octanol–water partition coefficient (Wildman–Crippen LogP) is 11.2. The first-order chi connectivity index (χ1) is 23.3. The summed E-state index contributed by atoms with van der Waals surface area (Å²) in [5.41, 5.74) is 11.7. The van der Waals surface area contributed by atoms with Gasteiger partial charge in [0.05, 0.1) is 28.0 Å². The fraction of sp³-hybridized carbons (Fsp3) is 0.279. The molecule has 0 atom stereocenters. The van der Waals surface area contributed by atoms with E-state index in [9.17, 15) is 0 Å². The minimum atomic E-state index is -0.0882. The summed E-state index contributed by atoms with van der Waals surface area (Å²) in [4.78, 5) is 14.0. The van der Waals surface area contributed by atoms with E-state index in [0.29, 0.717) is 17.5 Å². The van der Waals surface area contributed by atoms with Crippen LogP contribution in [0.3, 0.4) is 0 Å². The molecule has 0 unspecified atom stereocenters. The minimum Gasteiger partial charge on any atom is -0.486 e. The third-order valence-corrected chi connectivity index (χ3v) is 10.0. The fourth-order valence-electron chi connectivity index (χ4n) is 7.46. The zero-order valence-electron chi connectivity index (χ0n) is 28.7. The molecule has 7 aromatic rings. The molecule has 249 valence electrons. The van der Waals surface area contributed by atoms with Gasteiger partial charge in [0.25, 0.3) is 0 Å². The molecule has 1 fully saturated rings. The number of hydrogen-bond acceptors (Lipinski definition) is 4. The standard InChI is InChI=1S/C23H23N2.C20H17N2O.Ir/c1-23(2)15-14-19-18(16-8-6-7-9-16)12-13-20-21(19)25(23)22(24-20)17-10-4-3-5-11-17;1-12(2)14-9-10-21-18(11-14)17-6-4-5-15-16-8-7-13(3)22-20(16)23-19(15)17;/h3-5,10,12-16H,6-9H2,1-2H3;4-5,7-12H,1-3H3;/q2*-1;. The van der Waals surface area contributed by atoms with Crippen LogP contribution in [0.5, 0.6) is 0 Å². The van der Waals surface area contributed by atoms with E-state index in [2.05, 4.69) is 109 Å². The monoisotopic (exact) mass is 821 g/mol. The second-order valence-corrected chi connectivity index (χ2v) is 14.1. The minimum absolute atomic E-state index is 0. The SMILES string of the molecule is CC1(C)C=Cc2c(C3CCCC3)ccc3nc(-c4[c-]cccc4)n1c23.Cc1ccc2c(n1)oc1c(-c3cc(C(C)C)ccn3)[c-]ccc12.[Ir]. The van der Waals surface area contributed by atoms with Crippen molar-refractivity contribution >= 4 is 39.2 Å². The van der Waals surface area contributed by atoms with Crippen LogP contribution in [0, 0.1) is 19.1 Å². The molecule has 4 aromatic heterocycles. The number of fused-ring (bicyclic) bond motifs is 3. The number of aryl methyl sites for hydroxylation is 1. The van der Waals surface area contributed by atoms with E-state index in [0.717, 1.165) is 50.2 Å². The van der Waals surface area contributed by atoms with Crippen molar-refractivity contribution in [3.05, 3.63) is 120 Å². The van der Waals surface area contributed by atoms with Gasteiger partial charge in [-0.25, -0.2) is 4.98 Å². The van der Waals surface area contributed by atoms with E-state index in [1.807, 2.05) is 43.5 Å². The second-order valence-electron chi connectivity index (χ2n) is 14.1. The van der Waals surface area contributed by atoms with Crippen molar-refractivity contribution in [3.63, 3.8) is 0 Å². The van der Waals surface area contributed by atoms with Gasteiger partial charge in [0.15, 0.2) is 0 Å². The Morgan fingerprint density at radius 2 is 1.76 bits per heavy atom. The topological polar surface area (TPSA) is 56.7 Å². The van der Waals surface area contributed by atoms with E-state index in [4.69, 9.17) is 9.40 Å². The Morgan fingerprint density at radius 3 is 2.53 bits per heavy atom. The number of hydrogen-bond donors (Lipinski definition) is 0. The fourth-order valence-corrected chi connectivity index (χ4v) is 7.46. The summed E-state index contributed by atoms with van der Waals surface area (Å²) >= 11 is 0. The molecular formula is C43H40IrN4O-2. The molecule has 49 heavy (non-hydrogen) atoms. The van der Waals surface area contributed by atoms with E-state index < -0.39 is 0 Å². The van der Waals surface area contributed by atoms with Crippen molar-refractivity contribution in [2.24, 2.45) is 0 Å². The van der Waals surface area contributed by atoms with Crippen LogP contribution >= 0.6 is 0 Å². The maximum Gasteiger partial charge on any atom is 0.216 e. The van der Waals surface area contributed by atoms with Crippen LogP contribution in [0.4, 0.5) is 0 Å². The molecule has 2 aliphatic rings. The molecule has 6 heteroatoms. The van der Waals surface area contributed by atoms with E-state index in [1.54, 1.807) is 0 Å². The van der Waals surface area contributed by atoms with Crippen molar-refractivity contribution in [2.75, 3.05) is 0 Å². The van der Waals surface area contributed by atoms with Crippen LogP contribution in [0.2, 0.25) is 0 Å². The summed E-state index contributed by atoms with van der Waals surface area (Å²) in [5.74, 6) is 2.19. The summed E-state index contributed by atoms with van der Waals surface area (Å²) in [7, 11) is 0. The summed E-state index contributed by atoms with van der Waals surface area (Å²) in [6.45, 7) is 10.9. The van der Waals surface area contributed by atoms with Crippen molar-refractivity contribution in [1.82, 2.24) is 19.5 Å². The smallest absolute Gasteiger partial charge is 0.216 e.